The summed E-state index contributed by atoms with van der Waals surface area (Å²) in [5, 5.41) is 20.2. The third-order valence-corrected chi connectivity index (χ3v) is 4.26. The molecule has 0 aliphatic rings. The fraction of sp³-hybridized carbons (Fsp3) is 0.0588. The third-order valence-electron chi connectivity index (χ3n) is 3.19. The maximum atomic E-state index is 10.1. The first-order chi connectivity index (χ1) is 10.7. The zero-order valence-corrected chi connectivity index (χ0v) is 12.6. The Morgan fingerprint density at radius 2 is 2.09 bits per heavy atom. The molecule has 3 aromatic rings. The summed E-state index contributed by atoms with van der Waals surface area (Å²) in [6, 6.07) is 15.0. The molecule has 4 nitrogen and oxygen atoms in total. The minimum absolute atomic E-state index is 0.0128. The van der Waals surface area contributed by atoms with Gasteiger partial charge in [0.05, 0.1) is 22.9 Å². The van der Waals surface area contributed by atoms with Gasteiger partial charge in [0.2, 0.25) is 0 Å². The second-order valence-corrected chi connectivity index (χ2v) is 5.59. The minimum atomic E-state index is 0.0128. The molecule has 1 aromatic heterocycles. The Bertz CT molecular complexity index is 873. The van der Waals surface area contributed by atoms with E-state index in [9.17, 15) is 10.4 Å². The number of phenolic OH excluding ortho intramolecular Hbond substituents is 1. The van der Waals surface area contributed by atoms with Crippen LogP contribution in [0.5, 0.6) is 11.5 Å². The van der Waals surface area contributed by atoms with E-state index < -0.39 is 0 Å². The zero-order valence-electron chi connectivity index (χ0n) is 11.8. The lowest BCUT2D eigenvalue weighted by Crippen LogP contribution is -1.86. The van der Waals surface area contributed by atoms with E-state index in [2.05, 4.69) is 11.1 Å². The Labute approximate surface area is 131 Å². The van der Waals surface area contributed by atoms with E-state index >= 15 is 0 Å². The van der Waals surface area contributed by atoms with Gasteiger partial charge in [0.1, 0.15) is 11.1 Å². The summed E-state index contributed by atoms with van der Waals surface area (Å²) in [7, 11) is 1.49. The van der Waals surface area contributed by atoms with E-state index in [1.165, 1.54) is 18.4 Å². The number of hydrogen-bond donors (Lipinski definition) is 1. The summed E-state index contributed by atoms with van der Waals surface area (Å²) >= 11 is 1.45. The number of nitriles is 1. The first-order valence-corrected chi connectivity index (χ1v) is 7.38. The molecule has 1 N–H and O–H groups in total. The highest BCUT2D eigenvalue weighted by Crippen LogP contribution is 2.33. The summed E-state index contributed by atoms with van der Waals surface area (Å²) in [6.07, 6.45) is 1.62. The summed E-state index contributed by atoms with van der Waals surface area (Å²) in [4.78, 5) is 4.47. The maximum Gasteiger partial charge on any atom is 0.165 e. The fourth-order valence-electron chi connectivity index (χ4n) is 2.11. The smallest absolute Gasteiger partial charge is 0.165 e. The number of rotatable bonds is 3. The largest absolute Gasteiger partial charge is 0.504 e. The first kappa shape index (κ1) is 14.1. The van der Waals surface area contributed by atoms with Crippen molar-refractivity contribution >= 4 is 33.2 Å². The Hall–Kier alpha value is -2.84. The molecule has 22 heavy (non-hydrogen) atoms. The van der Waals surface area contributed by atoms with Crippen molar-refractivity contribution in [3.05, 3.63) is 53.0 Å². The van der Waals surface area contributed by atoms with Crippen molar-refractivity contribution in [1.29, 1.82) is 5.26 Å². The number of allylic oxidation sites excluding steroid dienone is 1. The number of methoxy groups -OCH3 is 1. The molecule has 0 atom stereocenters. The van der Waals surface area contributed by atoms with Gasteiger partial charge in [-0.2, -0.15) is 5.26 Å². The van der Waals surface area contributed by atoms with E-state index in [4.69, 9.17) is 4.74 Å². The Morgan fingerprint density at radius 3 is 2.82 bits per heavy atom. The molecule has 0 fully saturated rings. The molecule has 2 aromatic carbocycles. The van der Waals surface area contributed by atoms with Crippen LogP contribution in [0.3, 0.4) is 0 Å². The van der Waals surface area contributed by atoms with Crippen LogP contribution in [0.25, 0.3) is 21.9 Å². The minimum Gasteiger partial charge on any atom is -0.504 e. The molecule has 0 amide bonds. The van der Waals surface area contributed by atoms with Crippen molar-refractivity contribution in [2.75, 3.05) is 7.11 Å². The normalized spacial score (nSPS) is 11.4. The average Bonchev–Trinajstić information content (AvgIpc) is 2.97. The van der Waals surface area contributed by atoms with Gasteiger partial charge in [0.15, 0.2) is 11.5 Å². The number of aromatic hydroxyl groups is 1. The van der Waals surface area contributed by atoms with Crippen molar-refractivity contribution in [2.45, 2.75) is 0 Å². The maximum absolute atomic E-state index is 10.1. The van der Waals surface area contributed by atoms with Gasteiger partial charge in [-0.3, -0.25) is 0 Å². The number of benzene rings is 2. The summed E-state index contributed by atoms with van der Waals surface area (Å²) in [5.41, 5.74) is 1.79. The zero-order chi connectivity index (χ0) is 15.5. The molecule has 1 heterocycles. The van der Waals surface area contributed by atoms with Gasteiger partial charge in [-0.25, -0.2) is 4.98 Å². The Balaban J connectivity index is 2.09. The predicted molar refractivity (Wildman–Crippen MR) is 87.8 cm³/mol. The topological polar surface area (TPSA) is 66.1 Å². The molecule has 0 aliphatic carbocycles. The molecule has 0 saturated carbocycles. The van der Waals surface area contributed by atoms with E-state index in [1.54, 1.807) is 24.3 Å². The monoisotopic (exact) mass is 308 g/mol. The summed E-state index contributed by atoms with van der Waals surface area (Å²) in [6.45, 7) is 0. The predicted octanol–water partition coefficient (Wildman–Crippen LogP) is 4.07. The number of nitrogens with zero attached hydrogens (tertiary/aromatic N) is 2. The highest BCUT2D eigenvalue weighted by molar-refractivity contribution is 7.19. The lowest BCUT2D eigenvalue weighted by molar-refractivity contribution is 0.373. The van der Waals surface area contributed by atoms with Crippen LogP contribution in [0.15, 0.2) is 42.5 Å². The van der Waals surface area contributed by atoms with Gasteiger partial charge >= 0.3 is 0 Å². The molecule has 3 rings (SSSR count). The number of aromatic nitrogens is 1. The van der Waals surface area contributed by atoms with Crippen molar-refractivity contribution in [2.24, 2.45) is 0 Å². The number of thiazole rings is 1. The van der Waals surface area contributed by atoms with Gasteiger partial charge in [0, 0.05) is 5.56 Å². The van der Waals surface area contributed by atoms with Crippen LogP contribution in [0.1, 0.15) is 10.6 Å². The SMILES string of the molecule is COc1cccc(C=C(C#N)c2nc3ccccc3s2)c1O. The molecule has 0 bridgehead atoms. The van der Waals surface area contributed by atoms with Crippen LogP contribution in [-0.2, 0) is 0 Å². The highest BCUT2D eigenvalue weighted by atomic mass is 32.1. The standard InChI is InChI=1S/C17H12N2O2S/c1-21-14-7-4-5-11(16(14)20)9-12(10-18)17-19-13-6-2-3-8-15(13)22-17/h2-9,20H,1H3. The van der Waals surface area contributed by atoms with Crippen LogP contribution in [-0.4, -0.2) is 17.2 Å². The van der Waals surface area contributed by atoms with Gasteiger partial charge in [-0.1, -0.05) is 24.3 Å². The van der Waals surface area contributed by atoms with Crippen molar-refractivity contribution < 1.29 is 9.84 Å². The molecule has 108 valence electrons. The van der Waals surface area contributed by atoms with Gasteiger partial charge < -0.3 is 9.84 Å². The second kappa shape index (κ2) is 5.88. The van der Waals surface area contributed by atoms with Crippen molar-refractivity contribution in [3.8, 4) is 17.6 Å². The summed E-state index contributed by atoms with van der Waals surface area (Å²) < 4.78 is 6.10. The van der Waals surface area contributed by atoms with Crippen LogP contribution in [0, 0.1) is 11.3 Å². The lowest BCUT2D eigenvalue weighted by Gasteiger charge is -2.05. The number of fused-ring (bicyclic) bond motifs is 1. The third kappa shape index (κ3) is 2.52. The molecule has 0 aliphatic heterocycles. The quantitative estimate of drug-likeness (QED) is 0.741. The van der Waals surface area contributed by atoms with E-state index in [0.29, 0.717) is 21.9 Å². The molecular weight excluding hydrogens is 296 g/mol. The van der Waals surface area contributed by atoms with E-state index in [0.717, 1.165) is 10.2 Å². The average molecular weight is 308 g/mol. The number of hydrogen-bond acceptors (Lipinski definition) is 5. The molecular formula is C17H12N2O2S. The van der Waals surface area contributed by atoms with Crippen LogP contribution in [0.4, 0.5) is 0 Å². The van der Waals surface area contributed by atoms with Crippen molar-refractivity contribution in [1.82, 2.24) is 4.98 Å². The number of para-hydroxylation sites is 2. The molecule has 0 spiro atoms. The molecule has 0 unspecified atom stereocenters. The van der Waals surface area contributed by atoms with Crippen LogP contribution in [0.2, 0.25) is 0 Å². The molecule has 0 saturated heterocycles. The second-order valence-electron chi connectivity index (χ2n) is 4.55. The highest BCUT2D eigenvalue weighted by Gasteiger charge is 2.11. The van der Waals surface area contributed by atoms with Gasteiger partial charge in [0.25, 0.3) is 0 Å². The van der Waals surface area contributed by atoms with E-state index in [-0.39, 0.29) is 5.75 Å². The Morgan fingerprint density at radius 1 is 1.27 bits per heavy atom. The van der Waals surface area contributed by atoms with Crippen LogP contribution < -0.4 is 4.74 Å². The summed E-state index contributed by atoms with van der Waals surface area (Å²) in [5.74, 6) is 0.384. The first-order valence-electron chi connectivity index (χ1n) is 6.56. The molecule has 5 heteroatoms. The van der Waals surface area contributed by atoms with Gasteiger partial charge in [-0.05, 0) is 24.3 Å². The molecule has 0 radical (unpaired) electrons. The lowest BCUT2D eigenvalue weighted by atomic mass is 10.1. The number of ether oxygens (including phenoxy) is 1. The Kier molecular flexibility index (Phi) is 3.77. The van der Waals surface area contributed by atoms with Gasteiger partial charge in [-0.15, -0.1) is 11.3 Å². The van der Waals surface area contributed by atoms with Crippen molar-refractivity contribution in [3.63, 3.8) is 0 Å². The van der Waals surface area contributed by atoms with Crippen LogP contribution >= 0.6 is 11.3 Å². The number of phenols is 1. The van der Waals surface area contributed by atoms with E-state index in [1.807, 2.05) is 24.3 Å². The fourth-order valence-corrected chi connectivity index (χ4v) is 3.04.